The maximum atomic E-state index is 11.8. The van der Waals surface area contributed by atoms with Crippen LogP contribution in [0.25, 0.3) is 0 Å². The highest BCUT2D eigenvalue weighted by atomic mass is 79.9. The first-order valence-corrected chi connectivity index (χ1v) is 6.01. The maximum Gasteiger partial charge on any atom is 0.405 e. The van der Waals surface area contributed by atoms with E-state index in [9.17, 15) is 9.59 Å². The van der Waals surface area contributed by atoms with Crippen molar-refractivity contribution in [2.75, 3.05) is 0 Å². The summed E-state index contributed by atoms with van der Waals surface area (Å²) in [5.74, 6) is -0.414. The van der Waals surface area contributed by atoms with Gasteiger partial charge in [0.2, 0.25) is 5.91 Å². The van der Waals surface area contributed by atoms with Gasteiger partial charge in [0.1, 0.15) is 5.54 Å². The first-order valence-electron chi connectivity index (χ1n) is 5.22. The third-order valence-electron chi connectivity index (χ3n) is 2.24. The molecule has 1 rings (SSSR count). The number of rotatable bonds is 4. The van der Waals surface area contributed by atoms with E-state index in [2.05, 4.69) is 31.5 Å². The molecule has 0 saturated heterocycles. The highest BCUT2D eigenvalue weighted by molar-refractivity contribution is 9.10. The third kappa shape index (κ3) is 3.99. The van der Waals surface area contributed by atoms with Crippen molar-refractivity contribution in [1.82, 2.24) is 15.6 Å². The summed E-state index contributed by atoms with van der Waals surface area (Å²) in [6.45, 7) is 3.21. The average Bonchev–Trinajstić information content (AvgIpc) is 2.25. The van der Waals surface area contributed by atoms with E-state index in [1.54, 1.807) is 12.3 Å². The molecule has 2 amide bonds. The fourth-order valence-corrected chi connectivity index (χ4v) is 1.65. The van der Waals surface area contributed by atoms with Gasteiger partial charge < -0.3 is 15.7 Å². The maximum absolute atomic E-state index is 11.8. The number of amides is 2. The van der Waals surface area contributed by atoms with E-state index in [4.69, 9.17) is 5.11 Å². The van der Waals surface area contributed by atoms with Crippen LogP contribution in [0.15, 0.2) is 22.8 Å². The molecule has 0 bridgehead atoms. The molecule has 3 N–H and O–H groups in total. The standard InChI is InChI=1S/C11H14BrN3O3/c1-11(2,15-10(17)18)9(16)14-6-8-7(12)4-3-5-13-8/h3-5,15H,6H2,1-2H3,(H,14,16)(H,17,18). The number of pyridine rings is 1. The second-order valence-corrected chi connectivity index (χ2v) is 5.02. The van der Waals surface area contributed by atoms with Crippen LogP contribution in [0.2, 0.25) is 0 Å². The molecular formula is C11H14BrN3O3. The summed E-state index contributed by atoms with van der Waals surface area (Å²) in [7, 11) is 0. The number of aromatic nitrogens is 1. The molecule has 0 radical (unpaired) electrons. The monoisotopic (exact) mass is 315 g/mol. The van der Waals surface area contributed by atoms with Crippen LogP contribution in [0.4, 0.5) is 4.79 Å². The van der Waals surface area contributed by atoms with Crippen molar-refractivity contribution < 1.29 is 14.7 Å². The Bertz CT molecular complexity index is 463. The molecule has 1 aromatic heterocycles. The predicted octanol–water partition coefficient (Wildman–Crippen LogP) is 1.51. The highest BCUT2D eigenvalue weighted by Crippen LogP contribution is 2.13. The predicted molar refractivity (Wildman–Crippen MR) is 69.0 cm³/mol. The second-order valence-electron chi connectivity index (χ2n) is 4.17. The number of nitrogens with one attached hydrogen (secondary N) is 2. The molecule has 1 heterocycles. The van der Waals surface area contributed by atoms with Gasteiger partial charge in [0.25, 0.3) is 0 Å². The van der Waals surface area contributed by atoms with Gasteiger partial charge in [-0.3, -0.25) is 9.78 Å². The fraction of sp³-hybridized carbons (Fsp3) is 0.364. The van der Waals surface area contributed by atoms with Crippen molar-refractivity contribution in [3.63, 3.8) is 0 Å². The topological polar surface area (TPSA) is 91.3 Å². The smallest absolute Gasteiger partial charge is 0.405 e. The molecule has 0 aliphatic rings. The van der Waals surface area contributed by atoms with Gasteiger partial charge in [0.05, 0.1) is 12.2 Å². The molecule has 0 aliphatic heterocycles. The molecule has 0 unspecified atom stereocenters. The minimum atomic E-state index is -1.24. The zero-order chi connectivity index (χ0) is 13.8. The summed E-state index contributed by atoms with van der Waals surface area (Å²) in [5.41, 5.74) is -0.510. The normalized spacial score (nSPS) is 10.8. The lowest BCUT2D eigenvalue weighted by molar-refractivity contribution is -0.126. The molecule has 0 aliphatic carbocycles. The molecule has 0 atom stereocenters. The van der Waals surface area contributed by atoms with Crippen molar-refractivity contribution in [2.24, 2.45) is 0 Å². The fourth-order valence-electron chi connectivity index (χ4n) is 1.26. The Morgan fingerprint density at radius 2 is 2.17 bits per heavy atom. The summed E-state index contributed by atoms with van der Waals surface area (Å²) in [6, 6.07) is 3.58. The quantitative estimate of drug-likeness (QED) is 0.785. The molecule has 0 fully saturated rings. The number of halogens is 1. The van der Waals surface area contributed by atoms with Crippen molar-refractivity contribution in [1.29, 1.82) is 0 Å². The van der Waals surface area contributed by atoms with E-state index in [1.807, 2.05) is 6.07 Å². The van der Waals surface area contributed by atoms with E-state index in [0.29, 0.717) is 5.69 Å². The van der Waals surface area contributed by atoms with Crippen molar-refractivity contribution in [3.8, 4) is 0 Å². The van der Waals surface area contributed by atoms with Gasteiger partial charge in [-0.15, -0.1) is 0 Å². The molecule has 98 valence electrons. The first kappa shape index (κ1) is 14.4. The Hall–Kier alpha value is -1.63. The molecule has 0 saturated carbocycles. The van der Waals surface area contributed by atoms with Gasteiger partial charge in [0.15, 0.2) is 0 Å². The highest BCUT2D eigenvalue weighted by Gasteiger charge is 2.29. The first-order chi connectivity index (χ1) is 8.33. The Balaban J connectivity index is 2.61. The van der Waals surface area contributed by atoms with Crippen LogP contribution in [0.5, 0.6) is 0 Å². The second kappa shape index (κ2) is 5.81. The van der Waals surface area contributed by atoms with Gasteiger partial charge in [-0.05, 0) is 41.9 Å². The zero-order valence-corrected chi connectivity index (χ0v) is 11.6. The zero-order valence-electron chi connectivity index (χ0n) is 10.0. The molecule has 0 spiro atoms. The van der Waals surface area contributed by atoms with E-state index < -0.39 is 17.5 Å². The molecule has 0 aromatic carbocycles. The SMILES string of the molecule is CC(C)(NC(=O)O)C(=O)NCc1ncccc1Br. The number of carboxylic acid groups (broad SMARTS) is 1. The Labute approximate surface area is 113 Å². The number of hydrogen-bond acceptors (Lipinski definition) is 3. The lowest BCUT2D eigenvalue weighted by Gasteiger charge is -2.23. The average molecular weight is 316 g/mol. The van der Waals surface area contributed by atoms with Gasteiger partial charge in [0, 0.05) is 10.7 Å². The van der Waals surface area contributed by atoms with Crippen LogP contribution in [0, 0.1) is 0 Å². The summed E-state index contributed by atoms with van der Waals surface area (Å²) in [4.78, 5) is 26.4. The van der Waals surface area contributed by atoms with Gasteiger partial charge >= 0.3 is 6.09 Å². The van der Waals surface area contributed by atoms with Crippen LogP contribution in [0.1, 0.15) is 19.5 Å². The van der Waals surface area contributed by atoms with Gasteiger partial charge in [-0.25, -0.2) is 4.79 Å². The number of carbonyl (C=O) groups excluding carboxylic acids is 1. The largest absolute Gasteiger partial charge is 0.465 e. The van der Waals surface area contributed by atoms with Crippen molar-refractivity contribution in [3.05, 3.63) is 28.5 Å². The lowest BCUT2D eigenvalue weighted by atomic mass is 10.1. The lowest BCUT2D eigenvalue weighted by Crippen LogP contribution is -2.54. The summed E-state index contributed by atoms with van der Waals surface area (Å²) < 4.78 is 0.786. The molecule has 7 heteroatoms. The van der Waals surface area contributed by atoms with Crippen molar-refractivity contribution >= 4 is 27.9 Å². The minimum absolute atomic E-state index is 0.227. The molecular weight excluding hydrogens is 302 g/mol. The van der Waals surface area contributed by atoms with Gasteiger partial charge in [-0.2, -0.15) is 0 Å². The molecule has 18 heavy (non-hydrogen) atoms. The summed E-state index contributed by atoms with van der Waals surface area (Å²) in [6.07, 6.45) is 0.376. The van der Waals surface area contributed by atoms with E-state index >= 15 is 0 Å². The van der Waals surface area contributed by atoms with Crippen molar-refractivity contribution in [2.45, 2.75) is 25.9 Å². The molecule has 1 aromatic rings. The van der Waals surface area contributed by atoms with Crippen LogP contribution in [-0.2, 0) is 11.3 Å². The Morgan fingerprint density at radius 1 is 1.50 bits per heavy atom. The van der Waals surface area contributed by atoms with E-state index in [-0.39, 0.29) is 6.54 Å². The van der Waals surface area contributed by atoms with Crippen LogP contribution in [0.3, 0.4) is 0 Å². The minimum Gasteiger partial charge on any atom is -0.465 e. The number of carbonyl (C=O) groups is 2. The Kier molecular flexibility index (Phi) is 4.66. The number of hydrogen-bond donors (Lipinski definition) is 3. The molecule has 6 nitrogen and oxygen atoms in total. The van der Waals surface area contributed by atoms with Gasteiger partial charge in [-0.1, -0.05) is 0 Å². The number of nitrogens with zero attached hydrogens (tertiary/aromatic N) is 1. The van der Waals surface area contributed by atoms with E-state index in [1.165, 1.54) is 13.8 Å². The summed E-state index contributed by atoms with van der Waals surface area (Å²) >= 11 is 3.31. The van der Waals surface area contributed by atoms with Crippen LogP contribution in [-0.4, -0.2) is 27.6 Å². The third-order valence-corrected chi connectivity index (χ3v) is 2.96. The van der Waals surface area contributed by atoms with Crippen LogP contribution >= 0.6 is 15.9 Å². The van der Waals surface area contributed by atoms with E-state index in [0.717, 1.165) is 4.47 Å². The van der Waals surface area contributed by atoms with Crippen LogP contribution < -0.4 is 10.6 Å². The summed E-state index contributed by atoms with van der Waals surface area (Å²) in [5, 5.41) is 13.4. The Morgan fingerprint density at radius 3 is 2.72 bits per heavy atom.